The van der Waals surface area contributed by atoms with E-state index < -0.39 is 0 Å². The molecule has 4 aromatic rings. The number of hydrogen-bond donors (Lipinski definition) is 2. The van der Waals surface area contributed by atoms with Crippen LogP contribution < -0.4 is 20.3 Å². The molecule has 2 amide bonds. The molecule has 0 aliphatic carbocycles. The Hall–Kier alpha value is -4.50. The van der Waals surface area contributed by atoms with E-state index in [0.717, 1.165) is 58.9 Å². The lowest BCUT2D eigenvalue weighted by molar-refractivity contribution is -0.119. The van der Waals surface area contributed by atoms with Crippen molar-refractivity contribution >= 4 is 17.5 Å². The third-order valence-electron chi connectivity index (χ3n) is 9.03. The Bertz CT molecular complexity index is 1700. The van der Waals surface area contributed by atoms with Crippen molar-refractivity contribution < 1.29 is 14.3 Å². The topological polar surface area (TPSA) is 101 Å². The highest BCUT2D eigenvalue weighted by Crippen LogP contribution is 2.41. The number of fused-ring (bicyclic) bond motifs is 5. The molecule has 1 aliphatic heterocycles. The minimum absolute atomic E-state index is 0.0437. The largest absolute Gasteiger partial charge is 0.492 e. The molecule has 254 valence electrons. The molecule has 2 heterocycles. The Morgan fingerprint density at radius 3 is 2.33 bits per heavy atom. The van der Waals surface area contributed by atoms with E-state index in [1.165, 1.54) is 0 Å². The van der Waals surface area contributed by atoms with E-state index in [4.69, 9.17) is 4.74 Å². The van der Waals surface area contributed by atoms with Gasteiger partial charge in [-0.25, -0.2) is 4.68 Å². The lowest BCUT2D eigenvalue weighted by Crippen LogP contribution is -2.38. The van der Waals surface area contributed by atoms with Crippen molar-refractivity contribution in [2.75, 3.05) is 24.6 Å². The number of benzene rings is 3. The molecule has 0 bridgehead atoms. The van der Waals surface area contributed by atoms with E-state index >= 15 is 0 Å². The second-order valence-corrected chi connectivity index (χ2v) is 14.3. The normalized spacial score (nSPS) is 12.8. The first-order valence-electron chi connectivity index (χ1n) is 17.1. The lowest BCUT2D eigenvalue weighted by Gasteiger charge is -2.30. The molecule has 48 heavy (non-hydrogen) atoms. The molecule has 0 saturated heterocycles. The molecular formula is C39H50N6O3. The highest BCUT2D eigenvalue weighted by Gasteiger charge is 2.29. The molecule has 2 N–H and O–H groups in total. The van der Waals surface area contributed by atoms with Gasteiger partial charge in [-0.3, -0.25) is 9.59 Å². The maximum absolute atomic E-state index is 13.8. The Morgan fingerprint density at radius 2 is 1.60 bits per heavy atom. The van der Waals surface area contributed by atoms with Gasteiger partial charge in [0, 0.05) is 48.3 Å². The van der Waals surface area contributed by atoms with Crippen molar-refractivity contribution in [3.8, 4) is 28.3 Å². The zero-order valence-corrected chi connectivity index (χ0v) is 29.3. The third-order valence-corrected chi connectivity index (χ3v) is 9.03. The Balaban J connectivity index is 1.27. The molecule has 9 nitrogen and oxygen atoms in total. The van der Waals surface area contributed by atoms with Crippen molar-refractivity contribution in [2.24, 2.45) is 5.41 Å². The number of carbonyl (C=O) groups is 2. The van der Waals surface area contributed by atoms with Gasteiger partial charge in [0.25, 0.3) is 5.91 Å². The molecular weight excluding hydrogens is 600 g/mol. The molecule has 0 atom stereocenters. The van der Waals surface area contributed by atoms with Gasteiger partial charge in [-0.1, -0.05) is 74.9 Å². The van der Waals surface area contributed by atoms with Crippen molar-refractivity contribution in [3.05, 3.63) is 83.9 Å². The standard InChI is InChI=1S/C39H50N6O3/c1-7-39(5,6)22-21-34(46)44-27-29-13-8-9-14-31(29)36-35(32-15-10-11-16-33(32)44)42-43-45(36)25-12-23-40-37(47)28-17-19-30(20-18-28)48-26-24-41-38(2,3)4/h8-11,13-20,41H,7,12,21-27H2,1-6H3,(H,40,47). The van der Waals surface area contributed by atoms with Gasteiger partial charge in [-0.2, -0.15) is 0 Å². The van der Waals surface area contributed by atoms with Crippen molar-refractivity contribution in [1.29, 1.82) is 0 Å². The summed E-state index contributed by atoms with van der Waals surface area (Å²) in [6, 6.07) is 23.4. The van der Waals surface area contributed by atoms with Crippen LogP contribution in [0.3, 0.4) is 0 Å². The van der Waals surface area contributed by atoms with E-state index in [-0.39, 0.29) is 22.8 Å². The van der Waals surface area contributed by atoms with E-state index in [1.807, 2.05) is 58.1 Å². The fourth-order valence-corrected chi connectivity index (χ4v) is 5.78. The molecule has 9 heteroatoms. The number of hydrogen-bond acceptors (Lipinski definition) is 6. The first kappa shape index (κ1) is 34.8. The van der Waals surface area contributed by atoms with Crippen LogP contribution >= 0.6 is 0 Å². The molecule has 0 fully saturated rings. The molecule has 0 radical (unpaired) electrons. The highest BCUT2D eigenvalue weighted by atomic mass is 16.5. The molecule has 1 aliphatic rings. The predicted octanol–water partition coefficient (Wildman–Crippen LogP) is 7.26. The van der Waals surface area contributed by atoms with Gasteiger partial charge in [0.05, 0.1) is 17.9 Å². The summed E-state index contributed by atoms with van der Waals surface area (Å²) in [7, 11) is 0. The average Bonchev–Trinajstić information content (AvgIpc) is 3.48. The van der Waals surface area contributed by atoms with Gasteiger partial charge in [-0.15, -0.1) is 5.10 Å². The monoisotopic (exact) mass is 650 g/mol. The first-order chi connectivity index (χ1) is 23.0. The van der Waals surface area contributed by atoms with Crippen LogP contribution in [0.2, 0.25) is 0 Å². The average molecular weight is 651 g/mol. The van der Waals surface area contributed by atoms with E-state index in [2.05, 4.69) is 74.6 Å². The zero-order chi connectivity index (χ0) is 34.3. The van der Waals surface area contributed by atoms with Gasteiger partial charge in [-0.05, 0) is 74.9 Å². The van der Waals surface area contributed by atoms with Crippen LogP contribution in [-0.2, 0) is 17.9 Å². The van der Waals surface area contributed by atoms with Crippen LogP contribution in [0.15, 0.2) is 72.8 Å². The summed E-state index contributed by atoms with van der Waals surface area (Å²) in [6.07, 6.45) is 3.01. The molecule has 0 saturated carbocycles. The van der Waals surface area contributed by atoms with Gasteiger partial charge in [0.2, 0.25) is 5.91 Å². The van der Waals surface area contributed by atoms with E-state index in [1.54, 1.807) is 12.1 Å². The smallest absolute Gasteiger partial charge is 0.251 e. The van der Waals surface area contributed by atoms with Crippen LogP contribution in [0.4, 0.5) is 5.69 Å². The van der Waals surface area contributed by atoms with Crippen LogP contribution in [0, 0.1) is 5.41 Å². The number of nitrogens with zero attached hydrogens (tertiary/aromatic N) is 4. The number of amides is 2. The van der Waals surface area contributed by atoms with Crippen molar-refractivity contribution in [3.63, 3.8) is 0 Å². The second kappa shape index (κ2) is 15.2. The van der Waals surface area contributed by atoms with Gasteiger partial charge in [0.1, 0.15) is 18.1 Å². The van der Waals surface area contributed by atoms with E-state index in [9.17, 15) is 9.59 Å². The maximum atomic E-state index is 13.8. The number of nitrogens with one attached hydrogen (secondary N) is 2. The Kier molecular flexibility index (Phi) is 11.0. The number of carbonyl (C=O) groups excluding carboxylic acids is 2. The van der Waals surface area contributed by atoms with Gasteiger partial charge in [0.15, 0.2) is 0 Å². The fraction of sp³-hybridized carbons (Fsp3) is 0.436. The summed E-state index contributed by atoms with van der Waals surface area (Å²) >= 11 is 0. The SMILES string of the molecule is CCC(C)(C)CCC(=O)N1Cc2ccccc2-c2c(nnn2CCCNC(=O)c2ccc(OCCNC(C)(C)C)cc2)-c2ccccc21. The van der Waals surface area contributed by atoms with Crippen molar-refractivity contribution in [2.45, 2.75) is 85.9 Å². The lowest BCUT2D eigenvalue weighted by atomic mass is 9.85. The minimum Gasteiger partial charge on any atom is -0.492 e. The molecule has 0 unspecified atom stereocenters. The van der Waals surface area contributed by atoms with Crippen molar-refractivity contribution in [1.82, 2.24) is 25.6 Å². The number of ether oxygens (including phenoxy) is 1. The maximum Gasteiger partial charge on any atom is 0.251 e. The van der Waals surface area contributed by atoms with Crippen LogP contribution in [-0.4, -0.2) is 52.0 Å². The minimum atomic E-state index is -0.129. The van der Waals surface area contributed by atoms with Gasteiger partial charge < -0.3 is 20.3 Å². The van der Waals surface area contributed by atoms with E-state index in [0.29, 0.717) is 44.6 Å². The van der Waals surface area contributed by atoms with Crippen LogP contribution in [0.25, 0.3) is 22.5 Å². The summed E-state index contributed by atoms with van der Waals surface area (Å²) in [5.41, 5.74) is 6.22. The van der Waals surface area contributed by atoms with Gasteiger partial charge >= 0.3 is 0 Å². The highest BCUT2D eigenvalue weighted by molar-refractivity contribution is 6.00. The molecule has 0 spiro atoms. The number of para-hydroxylation sites is 1. The number of anilines is 1. The third kappa shape index (κ3) is 8.69. The Labute approximate surface area is 285 Å². The number of aryl methyl sites for hydroxylation is 1. The molecule has 5 rings (SSSR count). The zero-order valence-electron chi connectivity index (χ0n) is 29.3. The summed E-state index contributed by atoms with van der Waals surface area (Å²) in [5, 5.41) is 15.7. The summed E-state index contributed by atoms with van der Waals surface area (Å²) in [6.45, 7) is 15.8. The fourth-order valence-electron chi connectivity index (χ4n) is 5.78. The number of rotatable bonds is 13. The summed E-state index contributed by atoms with van der Waals surface area (Å²) < 4.78 is 7.73. The van der Waals surface area contributed by atoms with Crippen LogP contribution in [0.5, 0.6) is 5.75 Å². The Morgan fingerprint density at radius 1 is 0.896 bits per heavy atom. The quantitative estimate of drug-likeness (QED) is 0.148. The molecule has 3 aromatic carbocycles. The predicted molar refractivity (Wildman–Crippen MR) is 192 cm³/mol. The summed E-state index contributed by atoms with van der Waals surface area (Å²) in [5.74, 6) is 0.719. The van der Waals surface area contributed by atoms with Crippen LogP contribution in [0.1, 0.15) is 83.1 Å². The first-order valence-corrected chi connectivity index (χ1v) is 17.1. The summed E-state index contributed by atoms with van der Waals surface area (Å²) in [4.78, 5) is 28.6. The molecule has 1 aromatic heterocycles. The number of aromatic nitrogens is 3. The second-order valence-electron chi connectivity index (χ2n) is 14.3.